The van der Waals surface area contributed by atoms with Crippen LogP contribution in [-0.2, 0) is 14.4 Å². The van der Waals surface area contributed by atoms with Crippen molar-refractivity contribution in [1.29, 1.82) is 0 Å². The first kappa shape index (κ1) is 15.7. The van der Waals surface area contributed by atoms with E-state index >= 15 is 0 Å². The molecule has 0 radical (unpaired) electrons. The van der Waals surface area contributed by atoms with Crippen LogP contribution in [0.3, 0.4) is 0 Å². The second-order valence-electron chi connectivity index (χ2n) is 3.20. The van der Waals surface area contributed by atoms with Gasteiger partial charge in [0.1, 0.15) is 6.54 Å². The van der Waals surface area contributed by atoms with Gasteiger partial charge in [0.25, 0.3) is 0 Å². The van der Waals surface area contributed by atoms with E-state index in [1.165, 1.54) is 7.05 Å². The molecule has 5 N–H and O–H groups in total. The number of carboxylic acids is 1. The predicted molar refractivity (Wildman–Crippen MR) is 60.7 cm³/mol. The molecule has 0 heterocycles. The van der Waals surface area contributed by atoms with Gasteiger partial charge in [0, 0.05) is 20.0 Å². The van der Waals surface area contributed by atoms with Gasteiger partial charge in [0.05, 0.1) is 6.54 Å². The highest BCUT2D eigenvalue weighted by Gasteiger charge is 2.06. The van der Waals surface area contributed by atoms with Crippen LogP contribution in [-0.4, -0.2) is 55.6 Å². The molecular weight excluding hydrogens is 244 g/mol. The number of nitrogens with one attached hydrogen (secondary N) is 4. The summed E-state index contributed by atoms with van der Waals surface area (Å²) in [4.78, 5) is 43.0. The van der Waals surface area contributed by atoms with E-state index in [4.69, 9.17) is 5.11 Å². The molecule has 0 aliphatic rings. The fourth-order valence-electron chi connectivity index (χ4n) is 0.874. The van der Waals surface area contributed by atoms with Crippen molar-refractivity contribution in [3.63, 3.8) is 0 Å². The Morgan fingerprint density at radius 2 is 1.61 bits per heavy atom. The Hall–Kier alpha value is -2.32. The van der Waals surface area contributed by atoms with E-state index in [0.717, 1.165) is 0 Å². The average molecular weight is 260 g/mol. The largest absolute Gasteiger partial charge is 0.480 e. The predicted octanol–water partition coefficient (Wildman–Crippen LogP) is -2.38. The summed E-state index contributed by atoms with van der Waals surface area (Å²) >= 11 is 0. The van der Waals surface area contributed by atoms with Gasteiger partial charge in [-0.15, -0.1) is 0 Å². The Bertz CT molecular complexity index is 331. The van der Waals surface area contributed by atoms with Crippen LogP contribution >= 0.6 is 0 Å². The van der Waals surface area contributed by atoms with Crippen LogP contribution < -0.4 is 21.3 Å². The number of amides is 4. The van der Waals surface area contributed by atoms with Gasteiger partial charge in [-0.1, -0.05) is 0 Å². The molecule has 102 valence electrons. The minimum atomic E-state index is -1.17. The summed E-state index contributed by atoms with van der Waals surface area (Å²) < 4.78 is 0. The van der Waals surface area contributed by atoms with Crippen LogP contribution in [0.15, 0.2) is 0 Å². The molecule has 0 fully saturated rings. The number of carbonyl (C=O) groups excluding carboxylic acids is 3. The Morgan fingerprint density at radius 1 is 0.944 bits per heavy atom. The smallest absolute Gasteiger partial charge is 0.322 e. The zero-order chi connectivity index (χ0) is 14.0. The first-order valence-electron chi connectivity index (χ1n) is 5.16. The maximum Gasteiger partial charge on any atom is 0.322 e. The third-order valence-corrected chi connectivity index (χ3v) is 1.76. The van der Waals surface area contributed by atoms with Gasteiger partial charge < -0.3 is 26.4 Å². The molecule has 0 aliphatic heterocycles. The molecule has 0 rings (SSSR count). The molecule has 0 aliphatic carbocycles. The summed E-state index contributed by atoms with van der Waals surface area (Å²) in [5, 5.41) is 17.3. The lowest BCUT2D eigenvalue weighted by molar-refractivity contribution is -0.137. The number of hydrogen-bond donors (Lipinski definition) is 5. The lowest BCUT2D eigenvalue weighted by Gasteiger charge is -2.07. The summed E-state index contributed by atoms with van der Waals surface area (Å²) in [6, 6.07) is -0.607. The van der Waals surface area contributed by atoms with E-state index in [0.29, 0.717) is 0 Å². The van der Waals surface area contributed by atoms with E-state index in [1.807, 2.05) is 0 Å². The standard InChI is InChI=1S/C9H16N4O5/c1-10-6(14)2-3-11-9(18)13-4-7(15)12-5-8(16)17/h2-5H2,1H3,(H,10,14)(H,12,15)(H,16,17)(H2,11,13,18). The molecule has 9 nitrogen and oxygen atoms in total. The van der Waals surface area contributed by atoms with Crippen LogP contribution in [0.4, 0.5) is 4.79 Å². The molecule has 9 heteroatoms. The molecule has 0 saturated heterocycles. The molecule has 0 aromatic carbocycles. The van der Waals surface area contributed by atoms with Crippen molar-refractivity contribution >= 4 is 23.8 Å². The van der Waals surface area contributed by atoms with Gasteiger partial charge in [-0.3, -0.25) is 14.4 Å². The summed E-state index contributed by atoms with van der Waals surface area (Å²) in [5.41, 5.74) is 0. The van der Waals surface area contributed by atoms with Crippen LogP contribution in [0, 0.1) is 0 Å². The van der Waals surface area contributed by atoms with E-state index in [2.05, 4.69) is 21.3 Å². The zero-order valence-electron chi connectivity index (χ0n) is 9.91. The van der Waals surface area contributed by atoms with Gasteiger partial charge in [-0.25, -0.2) is 4.79 Å². The summed E-state index contributed by atoms with van der Waals surface area (Å²) in [6.45, 7) is -0.694. The number of aliphatic carboxylic acids is 1. The van der Waals surface area contributed by atoms with Gasteiger partial charge in [0.2, 0.25) is 11.8 Å². The van der Waals surface area contributed by atoms with Gasteiger partial charge in [-0.2, -0.15) is 0 Å². The lowest BCUT2D eigenvalue weighted by Crippen LogP contribution is -2.43. The van der Waals surface area contributed by atoms with Crippen LogP contribution in [0.5, 0.6) is 0 Å². The highest BCUT2D eigenvalue weighted by atomic mass is 16.4. The van der Waals surface area contributed by atoms with Crippen molar-refractivity contribution in [2.75, 3.05) is 26.7 Å². The van der Waals surface area contributed by atoms with Crippen molar-refractivity contribution in [2.45, 2.75) is 6.42 Å². The molecule has 18 heavy (non-hydrogen) atoms. The fraction of sp³-hybridized carbons (Fsp3) is 0.556. The first-order chi connectivity index (χ1) is 8.45. The molecule has 0 spiro atoms. The first-order valence-corrected chi connectivity index (χ1v) is 5.16. The highest BCUT2D eigenvalue weighted by molar-refractivity contribution is 5.86. The maximum atomic E-state index is 11.1. The molecular formula is C9H16N4O5. The van der Waals surface area contributed by atoms with E-state index < -0.39 is 24.5 Å². The quantitative estimate of drug-likeness (QED) is 0.348. The van der Waals surface area contributed by atoms with Crippen molar-refractivity contribution < 1.29 is 24.3 Å². The lowest BCUT2D eigenvalue weighted by atomic mass is 10.4. The molecule has 4 amide bonds. The van der Waals surface area contributed by atoms with E-state index in [-0.39, 0.29) is 25.4 Å². The van der Waals surface area contributed by atoms with Gasteiger partial charge in [-0.05, 0) is 0 Å². The van der Waals surface area contributed by atoms with Gasteiger partial charge in [0.15, 0.2) is 0 Å². The monoisotopic (exact) mass is 260 g/mol. The van der Waals surface area contributed by atoms with E-state index in [9.17, 15) is 19.2 Å². The Balaban J connectivity index is 3.61. The van der Waals surface area contributed by atoms with Crippen LogP contribution in [0.1, 0.15) is 6.42 Å². The molecule has 0 unspecified atom stereocenters. The van der Waals surface area contributed by atoms with Crippen molar-refractivity contribution in [2.24, 2.45) is 0 Å². The topological polar surface area (TPSA) is 137 Å². The Kier molecular flexibility index (Phi) is 7.66. The summed E-state index contributed by atoms with van der Waals surface area (Å²) in [6.07, 6.45) is 0.134. The molecule has 0 aromatic heterocycles. The minimum Gasteiger partial charge on any atom is -0.480 e. The maximum absolute atomic E-state index is 11.1. The van der Waals surface area contributed by atoms with Crippen molar-refractivity contribution in [3.8, 4) is 0 Å². The van der Waals surface area contributed by atoms with Gasteiger partial charge >= 0.3 is 12.0 Å². The summed E-state index contributed by atoms with van der Waals surface area (Å²) in [5.74, 6) is -1.99. The second kappa shape index (κ2) is 8.79. The number of carboxylic acid groups (broad SMARTS) is 1. The molecule has 0 aromatic rings. The summed E-state index contributed by atoms with van der Waals surface area (Å²) in [7, 11) is 1.48. The van der Waals surface area contributed by atoms with Crippen molar-refractivity contribution in [1.82, 2.24) is 21.3 Å². The van der Waals surface area contributed by atoms with E-state index in [1.54, 1.807) is 0 Å². The molecule has 0 saturated carbocycles. The average Bonchev–Trinajstić information content (AvgIpc) is 2.33. The third kappa shape index (κ3) is 8.95. The zero-order valence-corrected chi connectivity index (χ0v) is 9.91. The Morgan fingerprint density at radius 3 is 2.17 bits per heavy atom. The molecule has 0 bridgehead atoms. The minimum absolute atomic E-state index is 0.134. The Labute approximate surface area is 103 Å². The number of rotatable bonds is 7. The molecule has 0 atom stereocenters. The number of urea groups is 1. The van der Waals surface area contributed by atoms with Crippen molar-refractivity contribution in [3.05, 3.63) is 0 Å². The van der Waals surface area contributed by atoms with Crippen LogP contribution in [0.2, 0.25) is 0 Å². The normalized spacial score (nSPS) is 9.17. The second-order valence-corrected chi connectivity index (χ2v) is 3.20. The fourth-order valence-corrected chi connectivity index (χ4v) is 0.874. The SMILES string of the molecule is CNC(=O)CCNC(=O)NCC(=O)NCC(=O)O. The highest BCUT2D eigenvalue weighted by Crippen LogP contribution is 1.76. The number of carbonyl (C=O) groups is 4. The number of hydrogen-bond acceptors (Lipinski definition) is 4. The van der Waals surface area contributed by atoms with Crippen LogP contribution in [0.25, 0.3) is 0 Å². The third-order valence-electron chi connectivity index (χ3n) is 1.76.